The van der Waals surface area contributed by atoms with Crippen molar-refractivity contribution >= 4 is 12.1 Å². The summed E-state index contributed by atoms with van der Waals surface area (Å²) in [4.78, 5) is 19.4. The molecule has 0 saturated heterocycles. The molecule has 1 N–H and O–H groups in total. The molecule has 0 aliphatic heterocycles. The van der Waals surface area contributed by atoms with Gasteiger partial charge in [-0.05, 0) is 5.56 Å². The van der Waals surface area contributed by atoms with Crippen molar-refractivity contribution < 1.29 is 15.1 Å². The molecule has 0 spiro atoms. The second-order valence-electron chi connectivity index (χ2n) is 3.71. The van der Waals surface area contributed by atoms with Crippen molar-refractivity contribution in [2.24, 2.45) is 10.1 Å². The third kappa shape index (κ3) is 9.40. The lowest BCUT2D eigenvalue weighted by Gasteiger charge is -2.09. The van der Waals surface area contributed by atoms with Gasteiger partial charge in [0, 0.05) is 21.1 Å². The standard InChI is InChI=1S/C12H17N3O.HNO3/c1-13-12(15(2)3)9-14-16-10-11-7-5-4-6-8-11;2-1(3)4/h4-9H,10H2,1-3H3;(H,2,3,4)/b13-12?,14-9+;. The maximum absolute atomic E-state index is 8.36. The third-order valence-corrected chi connectivity index (χ3v) is 2.00. The molecule has 0 unspecified atom stereocenters. The van der Waals surface area contributed by atoms with Crippen molar-refractivity contribution in [3.8, 4) is 0 Å². The van der Waals surface area contributed by atoms with E-state index in [1.54, 1.807) is 13.3 Å². The molecule has 8 nitrogen and oxygen atoms in total. The zero-order valence-corrected chi connectivity index (χ0v) is 11.6. The predicted octanol–water partition coefficient (Wildman–Crippen LogP) is 1.43. The second-order valence-corrected chi connectivity index (χ2v) is 3.71. The quantitative estimate of drug-likeness (QED) is 0.389. The first-order valence-electron chi connectivity index (χ1n) is 5.64. The van der Waals surface area contributed by atoms with Gasteiger partial charge in [0.15, 0.2) is 0 Å². The molecule has 110 valence electrons. The molecule has 0 aromatic heterocycles. The minimum absolute atomic E-state index is 0.474. The van der Waals surface area contributed by atoms with E-state index in [1.165, 1.54) is 0 Å². The Morgan fingerprint density at radius 3 is 2.45 bits per heavy atom. The molecular weight excluding hydrogens is 264 g/mol. The van der Waals surface area contributed by atoms with E-state index in [9.17, 15) is 0 Å². The zero-order valence-electron chi connectivity index (χ0n) is 11.6. The van der Waals surface area contributed by atoms with Crippen LogP contribution in [0.2, 0.25) is 0 Å². The molecule has 0 radical (unpaired) electrons. The molecule has 0 heterocycles. The maximum Gasteiger partial charge on any atom is 0.291 e. The molecule has 1 aromatic carbocycles. The smallest absolute Gasteiger partial charge is 0.291 e. The SMILES string of the molecule is CN=C(/C=N/OCc1ccccc1)N(C)C.O=[N+]([O-])O. The summed E-state index contributed by atoms with van der Waals surface area (Å²) in [6.45, 7) is 0.474. The summed E-state index contributed by atoms with van der Waals surface area (Å²) in [5.41, 5.74) is 1.10. The first kappa shape index (κ1) is 17.4. The first-order valence-corrected chi connectivity index (χ1v) is 5.64. The van der Waals surface area contributed by atoms with Crippen molar-refractivity contribution in [2.75, 3.05) is 21.1 Å². The summed E-state index contributed by atoms with van der Waals surface area (Å²) >= 11 is 0. The van der Waals surface area contributed by atoms with E-state index in [2.05, 4.69) is 10.1 Å². The van der Waals surface area contributed by atoms with Crippen LogP contribution in [0.1, 0.15) is 5.56 Å². The Labute approximate surface area is 117 Å². The van der Waals surface area contributed by atoms with Gasteiger partial charge in [0.25, 0.3) is 5.09 Å². The van der Waals surface area contributed by atoms with Gasteiger partial charge in [-0.2, -0.15) is 0 Å². The molecular formula is C12H18N4O4. The lowest BCUT2D eigenvalue weighted by Crippen LogP contribution is -2.23. The summed E-state index contributed by atoms with van der Waals surface area (Å²) < 4.78 is 0. The van der Waals surface area contributed by atoms with Gasteiger partial charge in [0.05, 0.1) is 0 Å². The normalized spacial score (nSPS) is 10.7. The number of nitrogens with zero attached hydrogens (tertiary/aromatic N) is 4. The highest BCUT2D eigenvalue weighted by molar-refractivity contribution is 6.28. The van der Waals surface area contributed by atoms with Gasteiger partial charge in [0.1, 0.15) is 18.7 Å². The Balaban J connectivity index is 0.000000796. The van der Waals surface area contributed by atoms with Crippen LogP contribution in [0.3, 0.4) is 0 Å². The van der Waals surface area contributed by atoms with Gasteiger partial charge in [-0.25, -0.2) is 0 Å². The van der Waals surface area contributed by atoms with Gasteiger partial charge < -0.3 is 14.9 Å². The Hall–Kier alpha value is -2.64. The molecule has 0 atom stereocenters. The molecule has 1 rings (SSSR count). The highest BCUT2D eigenvalue weighted by atomic mass is 16.9. The van der Waals surface area contributed by atoms with E-state index in [1.807, 2.05) is 49.3 Å². The number of benzene rings is 1. The summed E-state index contributed by atoms with van der Waals surface area (Å²) in [6.07, 6.45) is 1.60. The van der Waals surface area contributed by atoms with Gasteiger partial charge >= 0.3 is 0 Å². The van der Waals surface area contributed by atoms with Crippen LogP contribution >= 0.6 is 0 Å². The summed E-state index contributed by atoms with van der Waals surface area (Å²) in [5.74, 6) is 0.771. The highest BCUT2D eigenvalue weighted by Gasteiger charge is 1.95. The van der Waals surface area contributed by atoms with Crippen LogP contribution < -0.4 is 0 Å². The molecule has 0 amide bonds. The average molecular weight is 282 g/mol. The lowest BCUT2D eigenvalue weighted by atomic mass is 10.2. The van der Waals surface area contributed by atoms with Crippen molar-refractivity contribution in [3.05, 3.63) is 46.0 Å². The summed E-state index contributed by atoms with van der Waals surface area (Å²) in [6, 6.07) is 9.91. The van der Waals surface area contributed by atoms with E-state index in [0.717, 1.165) is 11.4 Å². The predicted molar refractivity (Wildman–Crippen MR) is 75.5 cm³/mol. The van der Waals surface area contributed by atoms with Crippen LogP contribution in [-0.2, 0) is 11.4 Å². The number of oxime groups is 1. The van der Waals surface area contributed by atoms with Crippen molar-refractivity contribution in [1.82, 2.24) is 4.90 Å². The van der Waals surface area contributed by atoms with Crippen molar-refractivity contribution in [3.63, 3.8) is 0 Å². The third-order valence-electron chi connectivity index (χ3n) is 2.00. The number of amidine groups is 1. The second kappa shape index (κ2) is 10.3. The fraction of sp³-hybridized carbons (Fsp3) is 0.333. The van der Waals surface area contributed by atoms with Gasteiger partial charge in [0.2, 0.25) is 0 Å². The van der Waals surface area contributed by atoms with Crippen molar-refractivity contribution in [2.45, 2.75) is 6.61 Å². The largest absolute Gasteiger partial charge is 0.391 e. The Morgan fingerprint density at radius 1 is 1.45 bits per heavy atom. The number of aliphatic imine (C=N–C) groups is 1. The van der Waals surface area contributed by atoms with Crippen LogP contribution in [0, 0.1) is 10.1 Å². The maximum atomic E-state index is 8.36. The zero-order chi connectivity index (χ0) is 15.4. The van der Waals surface area contributed by atoms with Crippen LogP contribution in [0.5, 0.6) is 0 Å². The highest BCUT2D eigenvalue weighted by Crippen LogP contribution is 2.00. The molecule has 8 heteroatoms. The molecule has 0 fully saturated rings. The van der Waals surface area contributed by atoms with Gasteiger partial charge in [-0.1, -0.05) is 35.5 Å². The number of hydrogen-bond donors (Lipinski definition) is 1. The molecule has 20 heavy (non-hydrogen) atoms. The van der Waals surface area contributed by atoms with E-state index < -0.39 is 5.09 Å². The molecule has 1 aromatic rings. The van der Waals surface area contributed by atoms with E-state index >= 15 is 0 Å². The summed E-state index contributed by atoms with van der Waals surface area (Å²) in [5, 5.41) is 17.5. The Bertz CT molecular complexity index is 442. The summed E-state index contributed by atoms with van der Waals surface area (Å²) in [7, 11) is 5.54. The van der Waals surface area contributed by atoms with Gasteiger partial charge in [-0.3, -0.25) is 4.99 Å². The van der Waals surface area contributed by atoms with Crippen LogP contribution in [0.4, 0.5) is 0 Å². The van der Waals surface area contributed by atoms with E-state index in [4.69, 9.17) is 20.2 Å². The first-order chi connectivity index (χ1) is 9.47. The fourth-order valence-corrected chi connectivity index (χ4v) is 1.14. The fourth-order valence-electron chi connectivity index (χ4n) is 1.14. The lowest BCUT2D eigenvalue weighted by molar-refractivity contribution is -0.742. The van der Waals surface area contributed by atoms with Crippen LogP contribution in [-0.4, -0.2) is 48.4 Å². The van der Waals surface area contributed by atoms with E-state index in [-0.39, 0.29) is 0 Å². The molecule has 0 aliphatic rings. The molecule has 0 aliphatic carbocycles. The number of hydrogen-bond acceptors (Lipinski definition) is 5. The monoisotopic (exact) mass is 282 g/mol. The van der Waals surface area contributed by atoms with Gasteiger partial charge in [-0.15, -0.1) is 10.1 Å². The van der Waals surface area contributed by atoms with E-state index in [0.29, 0.717) is 6.61 Å². The molecule has 0 bridgehead atoms. The molecule has 0 saturated carbocycles. The van der Waals surface area contributed by atoms with Crippen molar-refractivity contribution in [1.29, 1.82) is 0 Å². The van der Waals surface area contributed by atoms with Crippen LogP contribution in [0.15, 0.2) is 40.5 Å². The topological polar surface area (TPSA) is 101 Å². The minimum atomic E-state index is -1.50. The minimum Gasteiger partial charge on any atom is -0.391 e. The Kier molecular flexibility index (Phi) is 8.94. The average Bonchev–Trinajstić information content (AvgIpc) is 2.39. The Morgan fingerprint density at radius 2 is 2.00 bits per heavy atom. The van der Waals surface area contributed by atoms with Crippen LogP contribution in [0.25, 0.3) is 0 Å². The number of rotatable bonds is 4.